The second-order valence-corrected chi connectivity index (χ2v) is 5.98. The number of nitrogens with one attached hydrogen (secondary N) is 1. The van der Waals surface area contributed by atoms with Crippen LogP contribution in [0.5, 0.6) is 0 Å². The Morgan fingerprint density at radius 1 is 1.18 bits per heavy atom. The molecule has 0 bridgehead atoms. The zero-order chi connectivity index (χ0) is 16.1. The number of rotatable bonds is 11. The van der Waals surface area contributed by atoms with Crippen LogP contribution in [0, 0.1) is 0 Å². The van der Waals surface area contributed by atoms with Crippen LogP contribution in [0.15, 0.2) is 0 Å². The van der Waals surface area contributed by atoms with Crippen LogP contribution in [-0.2, 0) is 19.1 Å². The Bertz CT molecular complexity index is 345. The van der Waals surface area contributed by atoms with Gasteiger partial charge in [0.2, 0.25) is 5.91 Å². The summed E-state index contributed by atoms with van der Waals surface area (Å²) < 4.78 is 4.82. The van der Waals surface area contributed by atoms with Crippen LogP contribution in [0.4, 0.5) is 0 Å². The molecule has 1 atom stereocenters. The van der Waals surface area contributed by atoms with E-state index in [1.807, 2.05) is 6.26 Å². The van der Waals surface area contributed by atoms with Gasteiger partial charge in [-0.05, 0) is 24.9 Å². The Morgan fingerprint density at radius 2 is 1.82 bits per heavy atom. The Hall–Kier alpha value is -0.0400. The van der Waals surface area contributed by atoms with E-state index in [1.165, 1.54) is 6.92 Å². The molecule has 0 aromatic carbocycles. The third-order valence-corrected chi connectivity index (χ3v) is 3.62. The number of esters is 2. The fourth-order valence-corrected chi connectivity index (χ4v) is 2.31. The molecule has 0 saturated carbocycles. The summed E-state index contributed by atoms with van der Waals surface area (Å²) >= 11 is 1.57. The van der Waals surface area contributed by atoms with Crippen molar-refractivity contribution < 1.29 is 50.1 Å². The van der Waals surface area contributed by atoms with Gasteiger partial charge in [-0.2, -0.15) is 11.8 Å². The topological polar surface area (TPSA) is 72.5 Å². The SMILES string of the molecule is CCCCCCCC(=O)OC(=O)[C@H](CCSC)NC(C)=O.[H-].[Na+]. The average molecular weight is 341 g/mol. The average Bonchev–Trinajstić information content (AvgIpc) is 2.42. The number of carbonyl (C=O) groups excluding carboxylic acids is 3. The van der Waals surface area contributed by atoms with Crippen LogP contribution in [0.2, 0.25) is 0 Å². The molecule has 0 aliphatic rings. The van der Waals surface area contributed by atoms with E-state index in [1.54, 1.807) is 11.8 Å². The number of hydrogen-bond donors (Lipinski definition) is 1. The van der Waals surface area contributed by atoms with Gasteiger partial charge in [0.05, 0.1) is 0 Å². The van der Waals surface area contributed by atoms with E-state index < -0.39 is 18.0 Å². The summed E-state index contributed by atoms with van der Waals surface area (Å²) in [5, 5.41) is 2.52. The van der Waals surface area contributed by atoms with E-state index in [9.17, 15) is 14.4 Å². The van der Waals surface area contributed by atoms with E-state index in [0.29, 0.717) is 12.2 Å². The van der Waals surface area contributed by atoms with Crippen molar-refractivity contribution in [3.63, 3.8) is 0 Å². The molecule has 0 aromatic rings. The molecule has 0 unspecified atom stereocenters. The Labute approximate surface area is 161 Å². The molecular formula is C15H28NNaO4S. The second-order valence-electron chi connectivity index (χ2n) is 4.99. The van der Waals surface area contributed by atoms with Crippen LogP contribution in [-0.4, -0.2) is 35.9 Å². The number of carbonyl (C=O) groups is 3. The number of hydrogen-bond acceptors (Lipinski definition) is 5. The van der Waals surface area contributed by atoms with Crippen molar-refractivity contribution >= 4 is 29.6 Å². The molecule has 0 fully saturated rings. The molecule has 0 rings (SSSR count). The Kier molecular flexibility index (Phi) is 17.4. The van der Waals surface area contributed by atoms with Crippen LogP contribution in [0.25, 0.3) is 0 Å². The Balaban J connectivity index is -0.00000200. The fourth-order valence-electron chi connectivity index (χ4n) is 1.84. The molecule has 0 aliphatic heterocycles. The van der Waals surface area contributed by atoms with E-state index in [0.717, 1.165) is 32.1 Å². The van der Waals surface area contributed by atoms with Gasteiger partial charge >= 0.3 is 41.5 Å². The van der Waals surface area contributed by atoms with E-state index in [4.69, 9.17) is 4.74 Å². The van der Waals surface area contributed by atoms with Crippen LogP contribution in [0.1, 0.15) is 60.2 Å². The van der Waals surface area contributed by atoms with Crippen molar-refractivity contribution in [2.45, 2.75) is 64.8 Å². The third-order valence-electron chi connectivity index (χ3n) is 2.97. The summed E-state index contributed by atoms with van der Waals surface area (Å²) in [7, 11) is 0. The number of thioether (sulfide) groups is 1. The van der Waals surface area contributed by atoms with Crippen molar-refractivity contribution in [3.05, 3.63) is 0 Å². The normalized spacial score (nSPS) is 11.2. The van der Waals surface area contributed by atoms with Gasteiger partial charge in [-0.3, -0.25) is 9.59 Å². The minimum Gasteiger partial charge on any atom is -1.00 e. The first-order chi connectivity index (χ1) is 10.0. The molecule has 1 amide bonds. The quantitative estimate of drug-likeness (QED) is 0.244. The number of unbranched alkanes of at least 4 members (excludes halogenated alkanes) is 4. The number of amides is 1. The molecule has 0 spiro atoms. The first kappa shape index (κ1) is 24.2. The van der Waals surface area contributed by atoms with Gasteiger partial charge in [0.1, 0.15) is 6.04 Å². The van der Waals surface area contributed by atoms with Gasteiger partial charge < -0.3 is 11.5 Å². The number of ether oxygens (including phenoxy) is 1. The first-order valence-corrected chi connectivity index (χ1v) is 8.91. The van der Waals surface area contributed by atoms with E-state index in [2.05, 4.69) is 12.2 Å². The molecule has 0 saturated heterocycles. The fraction of sp³-hybridized carbons (Fsp3) is 0.800. The molecular weight excluding hydrogens is 313 g/mol. The van der Waals surface area contributed by atoms with Gasteiger partial charge in [0.15, 0.2) is 0 Å². The monoisotopic (exact) mass is 341 g/mol. The van der Waals surface area contributed by atoms with Crippen LogP contribution < -0.4 is 34.9 Å². The van der Waals surface area contributed by atoms with E-state index >= 15 is 0 Å². The van der Waals surface area contributed by atoms with Gasteiger partial charge in [-0.1, -0.05) is 32.6 Å². The van der Waals surface area contributed by atoms with Gasteiger partial charge in [0, 0.05) is 13.3 Å². The van der Waals surface area contributed by atoms with Crippen LogP contribution in [0.3, 0.4) is 0 Å². The third kappa shape index (κ3) is 13.6. The summed E-state index contributed by atoms with van der Waals surface area (Å²) in [5.74, 6) is -0.746. The van der Waals surface area contributed by atoms with Gasteiger partial charge in [0.25, 0.3) is 0 Å². The first-order valence-electron chi connectivity index (χ1n) is 7.51. The molecule has 0 radical (unpaired) electrons. The molecule has 22 heavy (non-hydrogen) atoms. The van der Waals surface area contributed by atoms with Crippen molar-refractivity contribution in [2.24, 2.45) is 0 Å². The van der Waals surface area contributed by atoms with E-state index in [-0.39, 0.29) is 43.3 Å². The van der Waals surface area contributed by atoms with Crippen molar-refractivity contribution in [3.8, 4) is 0 Å². The molecule has 5 nitrogen and oxygen atoms in total. The van der Waals surface area contributed by atoms with Gasteiger partial charge in [-0.25, -0.2) is 4.79 Å². The van der Waals surface area contributed by atoms with Crippen molar-refractivity contribution in [1.29, 1.82) is 0 Å². The maximum atomic E-state index is 11.9. The summed E-state index contributed by atoms with van der Waals surface area (Å²) in [6, 6.07) is -0.737. The Morgan fingerprint density at radius 3 is 2.36 bits per heavy atom. The smallest absolute Gasteiger partial charge is 1.00 e. The maximum Gasteiger partial charge on any atom is 1.00 e. The molecule has 7 heteroatoms. The maximum absolute atomic E-state index is 11.9. The molecule has 1 N–H and O–H groups in total. The zero-order valence-corrected chi connectivity index (χ0v) is 17.1. The predicted molar refractivity (Wildman–Crippen MR) is 86.2 cm³/mol. The zero-order valence-electron chi connectivity index (χ0n) is 15.3. The van der Waals surface area contributed by atoms with Gasteiger partial charge in [-0.15, -0.1) is 0 Å². The molecule has 0 aromatic heterocycles. The minimum atomic E-state index is -0.737. The molecule has 0 heterocycles. The largest absolute Gasteiger partial charge is 1.00 e. The second kappa shape index (κ2) is 15.8. The molecule has 124 valence electrons. The standard InChI is InChI=1S/C15H27NO4S.Na.H/c1-4-5-6-7-8-9-14(18)20-15(19)13(10-11-21-3)16-12(2)17;;/h13H,4-11H2,1-3H3,(H,16,17);;/q;+1;-1/t13-;;/m0../s1. The molecule has 0 aliphatic carbocycles. The summed E-state index contributed by atoms with van der Waals surface area (Å²) in [6.07, 6.45) is 7.75. The summed E-state index contributed by atoms with van der Waals surface area (Å²) in [6.45, 7) is 3.47. The summed E-state index contributed by atoms with van der Waals surface area (Å²) in [4.78, 5) is 34.5. The summed E-state index contributed by atoms with van der Waals surface area (Å²) in [5.41, 5.74) is 0. The predicted octanol–water partition coefficient (Wildman–Crippen LogP) is -0.209. The van der Waals surface area contributed by atoms with Crippen LogP contribution >= 0.6 is 11.8 Å². The van der Waals surface area contributed by atoms with Crippen molar-refractivity contribution in [2.75, 3.05) is 12.0 Å². The minimum absolute atomic E-state index is 0. The van der Waals surface area contributed by atoms with Crippen molar-refractivity contribution in [1.82, 2.24) is 5.32 Å².